The molecule has 6 nitrogen and oxygen atoms in total. The predicted octanol–water partition coefficient (Wildman–Crippen LogP) is 4.43. The summed E-state index contributed by atoms with van der Waals surface area (Å²) in [6.45, 7) is 1.40. The highest BCUT2D eigenvalue weighted by Gasteiger charge is 2.22. The second-order valence-electron chi connectivity index (χ2n) is 5.70. The van der Waals surface area contributed by atoms with Crippen molar-refractivity contribution in [3.05, 3.63) is 64.3 Å². The number of halogens is 2. The SMILES string of the molecule is C[C@H](OC(=O)c1ccc2ccccc2c1O)C(=O)Nc1ncc(Cl)cc1Cl. The molecule has 3 aromatic rings. The van der Waals surface area contributed by atoms with Crippen LogP contribution in [-0.2, 0) is 9.53 Å². The minimum absolute atomic E-state index is 0.0315. The van der Waals surface area contributed by atoms with Crippen LogP contribution in [0, 0.1) is 0 Å². The molecule has 0 unspecified atom stereocenters. The fourth-order valence-corrected chi connectivity index (χ4v) is 2.85. The standard InChI is InChI=1S/C19H14Cl2N2O4/c1-10(18(25)23-17-15(21)8-12(20)9-22-17)27-19(26)14-7-6-11-4-2-3-5-13(11)16(14)24/h2-10,24H,1H3,(H,22,23,25)/t10-/m0/s1. The van der Waals surface area contributed by atoms with E-state index in [9.17, 15) is 14.7 Å². The molecule has 0 fully saturated rings. The lowest BCUT2D eigenvalue weighted by Gasteiger charge is -2.14. The van der Waals surface area contributed by atoms with Gasteiger partial charge in [0.25, 0.3) is 5.91 Å². The van der Waals surface area contributed by atoms with Crippen LogP contribution in [0.2, 0.25) is 10.0 Å². The van der Waals surface area contributed by atoms with E-state index in [0.717, 1.165) is 5.39 Å². The van der Waals surface area contributed by atoms with Crippen LogP contribution < -0.4 is 5.32 Å². The van der Waals surface area contributed by atoms with Crippen molar-refractivity contribution in [3.63, 3.8) is 0 Å². The van der Waals surface area contributed by atoms with E-state index in [0.29, 0.717) is 10.4 Å². The topological polar surface area (TPSA) is 88.5 Å². The minimum atomic E-state index is -1.14. The third-order valence-corrected chi connectivity index (χ3v) is 4.32. The molecule has 1 aromatic heterocycles. The lowest BCUT2D eigenvalue weighted by Crippen LogP contribution is -2.30. The maximum absolute atomic E-state index is 12.4. The van der Waals surface area contributed by atoms with Crippen LogP contribution in [-0.4, -0.2) is 28.1 Å². The van der Waals surface area contributed by atoms with Crippen molar-refractivity contribution in [1.29, 1.82) is 0 Å². The fraction of sp³-hybridized carbons (Fsp3) is 0.105. The molecule has 0 saturated heterocycles. The van der Waals surface area contributed by atoms with Crippen molar-refractivity contribution in [2.24, 2.45) is 0 Å². The number of phenols is 1. The first-order valence-corrected chi connectivity index (χ1v) is 8.66. The van der Waals surface area contributed by atoms with Gasteiger partial charge in [-0.25, -0.2) is 9.78 Å². The van der Waals surface area contributed by atoms with Gasteiger partial charge >= 0.3 is 5.97 Å². The average molecular weight is 405 g/mol. The van der Waals surface area contributed by atoms with E-state index in [1.165, 1.54) is 25.3 Å². The first kappa shape index (κ1) is 18.9. The summed E-state index contributed by atoms with van der Waals surface area (Å²) in [5.41, 5.74) is -0.0315. The second-order valence-corrected chi connectivity index (χ2v) is 6.55. The molecule has 0 saturated carbocycles. The number of anilines is 1. The third-order valence-electron chi connectivity index (χ3n) is 3.82. The van der Waals surface area contributed by atoms with Crippen LogP contribution in [0.25, 0.3) is 10.8 Å². The Morgan fingerprint density at radius 3 is 2.67 bits per heavy atom. The zero-order chi connectivity index (χ0) is 19.6. The number of amides is 1. The van der Waals surface area contributed by atoms with E-state index in [1.807, 2.05) is 12.1 Å². The predicted molar refractivity (Wildman–Crippen MR) is 103 cm³/mol. The highest BCUT2D eigenvalue weighted by atomic mass is 35.5. The smallest absolute Gasteiger partial charge is 0.342 e. The summed E-state index contributed by atoms with van der Waals surface area (Å²) in [4.78, 5) is 28.5. The summed E-state index contributed by atoms with van der Waals surface area (Å²) in [7, 11) is 0. The number of phenolic OH excluding ortho intramolecular Hbond substituents is 1. The molecule has 0 spiro atoms. The number of esters is 1. The Bertz CT molecular complexity index is 1040. The molecule has 1 atom stereocenters. The van der Waals surface area contributed by atoms with Gasteiger partial charge in [0.15, 0.2) is 11.9 Å². The first-order chi connectivity index (χ1) is 12.9. The van der Waals surface area contributed by atoms with Crippen LogP contribution in [0.1, 0.15) is 17.3 Å². The Morgan fingerprint density at radius 1 is 1.19 bits per heavy atom. The summed E-state index contributed by atoms with van der Waals surface area (Å²) >= 11 is 11.7. The number of nitrogens with one attached hydrogen (secondary N) is 1. The number of rotatable bonds is 4. The molecule has 138 valence electrons. The number of nitrogens with zero attached hydrogens (tertiary/aromatic N) is 1. The van der Waals surface area contributed by atoms with Crippen molar-refractivity contribution in [2.45, 2.75) is 13.0 Å². The maximum Gasteiger partial charge on any atom is 0.342 e. The lowest BCUT2D eigenvalue weighted by atomic mass is 10.1. The number of hydrogen-bond acceptors (Lipinski definition) is 5. The van der Waals surface area contributed by atoms with Crippen LogP contribution in [0.3, 0.4) is 0 Å². The van der Waals surface area contributed by atoms with Crippen molar-refractivity contribution in [1.82, 2.24) is 4.98 Å². The van der Waals surface area contributed by atoms with E-state index in [-0.39, 0.29) is 22.2 Å². The summed E-state index contributed by atoms with van der Waals surface area (Å²) in [6, 6.07) is 11.6. The van der Waals surface area contributed by atoms with Gasteiger partial charge < -0.3 is 15.2 Å². The molecule has 27 heavy (non-hydrogen) atoms. The molecular formula is C19H14Cl2N2O4. The van der Waals surface area contributed by atoms with E-state index in [1.54, 1.807) is 18.2 Å². The lowest BCUT2D eigenvalue weighted by molar-refractivity contribution is -0.123. The van der Waals surface area contributed by atoms with E-state index >= 15 is 0 Å². The summed E-state index contributed by atoms with van der Waals surface area (Å²) in [5, 5.41) is 14.6. The molecule has 8 heteroatoms. The quantitative estimate of drug-likeness (QED) is 0.627. The van der Waals surface area contributed by atoms with E-state index in [2.05, 4.69) is 10.3 Å². The summed E-state index contributed by atoms with van der Waals surface area (Å²) in [5.74, 6) is -1.55. The molecule has 3 rings (SSSR count). The number of hydrogen-bond donors (Lipinski definition) is 2. The third kappa shape index (κ3) is 4.13. The number of ether oxygens (including phenoxy) is 1. The van der Waals surface area contributed by atoms with Gasteiger partial charge in [0, 0.05) is 11.6 Å². The number of benzene rings is 2. The molecule has 2 N–H and O–H groups in total. The van der Waals surface area contributed by atoms with Crippen LogP contribution >= 0.6 is 23.2 Å². The number of pyridine rings is 1. The van der Waals surface area contributed by atoms with Crippen molar-refractivity contribution >= 4 is 51.7 Å². The van der Waals surface area contributed by atoms with Crippen LogP contribution in [0.4, 0.5) is 5.82 Å². The Balaban J connectivity index is 1.73. The monoisotopic (exact) mass is 404 g/mol. The van der Waals surface area contributed by atoms with Gasteiger partial charge in [0.2, 0.25) is 0 Å². The second kappa shape index (κ2) is 7.82. The zero-order valence-electron chi connectivity index (χ0n) is 14.1. The Hall–Kier alpha value is -2.83. The first-order valence-electron chi connectivity index (χ1n) is 7.90. The number of aromatic hydroxyl groups is 1. The molecule has 0 aliphatic heterocycles. The van der Waals surface area contributed by atoms with Crippen LogP contribution in [0.5, 0.6) is 5.75 Å². The average Bonchev–Trinajstić information content (AvgIpc) is 2.64. The molecule has 1 amide bonds. The molecular weight excluding hydrogens is 391 g/mol. The van der Waals surface area contributed by atoms with Crippen molar-refractivity contribution < 1.29 is 19.4 Å². The van der Waals surface area contributed by atoms with Gasteiger partial charge in [-0.2, -0.15) is 0 Å². The van der Waals surface area contributed by atoms with Gasteiger partial charge in [-0.05, 0) is 24.4 Å². The molecule has 0 aliphatic carbocycles. The molecule has 0 radical (unpaired) electrons. The largest absolute Gasteiger partial charge is 0.506 e. The van der Waals surface area contributed by atoms with Crippen molar-refractivity contribution in [3.8, 4) is 5.75 Å². The van der Waals surface area contributed by atoms with Gasteiger partial charge in [-0.1, -0.05) is 53.5 Å². The highest BCUT2D eigenvalue weighted by molar-refractivity contribution is 6.36. The minimum Gasteiger partial charge on any atom is -0.506 e. The molecule has 2 aromatic carbocycles. The summed E-state index contributed by atoms with van der Waals surface area (Å²) < 4.78 is 5.16. The van der Waals surface area contributed by atoms with Crippen molar-refractivity contribution in [2.75, 3.05) is 5.32 Å². The van der Waals surface area contributed by atoms with Gasteiger partial charge in [0.05, 0.1) is 10.0 Å². The van der Waals surface area contributed by atoms with Crippen LogP contribution in [0.15, 0.2) is 48.7 Å². The van der Waals surface area contributed by atoms with E-state index < -0.39 is 18.0 Å². The Kier molecular flexibility index (Phi) is 5.48. The summed E-state index contributed by atoms with van der Waals surface area (Å²) in [6.07, 6.45) is 0.184. The van der Waals surface area contributed by atoms with Gasteiger partial charge in [0.1, 0.15) is 11.3 Å². The Morgan fingerprint density at radius 2 is 1.93 bits per heavy atom. The number of fused-ring (bicyclic) bond motifs is 1. The molecule has 0 bridgehead atoms. The van der Waals surface area contributed by atoms with Gasteiger partial charge in [-0.3, -0.25) is 4.79 Å². The highest BCUT2D eigenvalue weighted by Crippen LogP contribution is 2.29. The van der Waals surface area contributed by atoms with E-state index in [4.69, 9.17) is 27.9 Å². The zero-order valence-corrected chi connectivity index (χ0v) is 15.6. The Labute approximate surface area is 164 Å². The normalized spacial score (nSPS) is 11.8. The maximum atomic E-state index is 12.4. The fourth-order valence-electron chi connectivity index (χ4n) is 2.42. The molecule has 1 heterocycles. The number of aromatic nitrogens is 1. The number of carbonyl (C=O) groups excluding carboxylic acids is 2. The molecule has 0 aliphatic rings. The van der Waals surface area contributed by atoms with Gasteiger partial charge in [-0.15, -0.1) is 0 Å². The number of carbonyl (C=O) groups is 2.